The molecule has 0 aliphatic carbocycles. The number of ether oxygens (including phenoxy) is 3. The summed E-state index contributed by atoms with van der Waals surface area (Å²) in [7, 11) is 0. The Morgan fingerprint density at radius 1 is 0.688 bits per heavy atom. The standard InChI is InChI=1S/C26H20O6/c1-4-24(27)30-21-13-15-23(16-14-21)32-26(29)20-7-5-18(6-8-20)19-9-11-22(12-10-19)31-25(28)17(2)3/h4-16H,1-2H2,3H3. The summed E-state index contributed by atoms with van der Waals surface area (Å²) in [4.78, 5) is 35.2. The van der Waals surface area contributed by atoms with E-state index in [1.807, 2.05) is 12.1 Å². The first kappa shape index (κ1) is 22.2. The van der Waals surface area contributed by atoms with Crippen LogP contribution < -0.4 is 14.2 Å². The van der Waals surface area contributed by atoms with Gasteiger partial charge >= 0.3 is 17.9 Å². The van der Waals surface area contributed by atoms with Crippen molar-refractivity contribution in [1.82, 2.24) is 0 Å². The molecule has 0 N–H and O–H groups in total. The molecule has 6 nitrogen and oxygen atoms in total. The van der Waals surface area contributed by atoms with Gasteiger partial charge in [-0.1, -0.05) is 37.4 Å². The number of carbonyl (C=O) groups excluding carboxylic acids is 3. The van der Waals surface area contributed by atoms with Crippen molar-refractivity contribution in [3.8, 4) is 28.4 Å². The topological polar surface area (TPSA) is 78.9 Å². The van der Waals surface area contributed by atoms with Crippen LogP contribution in [0.4, 0.5) is 0 Å². The van der Waals surface area contributed by atoms with E-state index in [9.17, 15) is 14.4 Å². The number of hydrogen-bond acceptors (Lipinski definition) is 6. The maximum Gasteiger partial charge on any atom is 0.343 e. The van der Waals surface area contributed by atoms with Crippen LogP contribution in [0.2, 0.25) is 0 Å². The van der Waals surface area contributed by atoms with E-state index in [2.05, 4.69) is 13.2 Å². The van der Waals surface area contributed by atoms with E-state index in [0.29, 0.717) is 28.4 Å². The molecule has 0 heterocycles. The average molecular weight is 428 g/mol. The molecule has 0 aliphatic rings. The Balaban J connectivity index is 1.63. The number of esters is 3. The van der Waals surface area contributed by atoms with Crippen LogP contribution >= 0.6 is 0 Å². The lowest BCUT2D eigenvalue weighted by atomic mass is 10.0. The quantitative estimate of drug-likeness (QED) is 0.294. The number of rotatable bonds is 7. The molecule has 0 atom stereocenters. The van der Waals surface area contributed by atoms with Gasteiger partial charge in [0, 0.05) is 11.6 Å². The maximum atomic E-state index is 12.4. The number of carbonyl (C=O) groups is 3. The van der Waals surface area contributed by atoms with Crippen LogP contribution in [0.5, 0.6) is 17.2 Å². The van der Waals surface area contributed by atoms with Gasteiger partial charge in [0.2, 0.25) is 0 Å². The predicted octanol–water partition coefficient (Wildman–Crippen LogP) is 5.15. The molecule has 0 spiro atoms. The summed E-state index contributed by atoms with van der Waals surface area (Å²) in [6.45, 7) is 8.46. The smallest absolute Gasteiger partial charge is 0.343 e. The predicted molar refractivity (Wildman–Crippen MR) is 120 cm³/mol. The Morgan fingerprint density at radius 3 is 1.62 bits per heavy atom. The lowest BCUT2D eigenvalue weighted by Crippen LogP contribution is -2.08. The molecule has 3 aromatic carbocycles. The Kier molecular flexibility index (Phi) is 6.98. The molecule has 32 heavy (non-hydrogen) atoms. The van der Waals surface area contributed by atoms with Gasteiger partial charge in [0.25, 0.3) is 0 Å². The molecule has 160 valence electrons. The van der Waals surface area contributed by atoms with Crippen LogP contribution in [0.15, 0.2) is 97.6 Å². The van der Waals surface area contributed by atoms with Crippen molar-refractivity contribution in [2.24, 2.45) is 0 Å². The van der Waals surface area contributed by atoms with Crippen molar-refractivity contribution in [2.45, 2.75) is 6.92 Å². The summed E-state index contributed by atoms with van der Waals surface area (Å²) in [5, 5.41) is 0. The van der Waals surface area contributed by atoms with Crippen molar-refractivity contribution in [2.75, 3.05) is 0 Å². The zero-order chi connectivity index (χ0) is 23.1. The summed E-state index contributed by atoms with van der Waals surface area (Å²) in [6, 6.07) is 20.0. The Morgan fingerprint density at radius 2 is 1.12 bits per heavy atom. The van der Waals surface area contributed by atoms with Gasteiger partial charge in [0.15, 0.2) is 0 Å². The third kappa shape index (κ3) is 5.79. The molecule has 0 aromatic heterocycles. The fourth-order valence-corrected chi connectivity index (χ4v) is 2.61. The largest absolute Gasteiger partial charge is 0.423 e. The van der Waals surface area contributed by atoms with Crippen LogP contribution in [0, 0.1) is 0 Å². The van der Waals surface area contributed by atoms with Crippen LogP contribution in [0.25, 0.3) is 11.1 Å². The molecule has 0 amide bonds. The molecule has 3 rings (SSSR count). The Hall–Kier alpha value is -4.45. The van der Waals surface area contributed by atoms with Gasteiger partial charge < -0.3 is 14.2 Å². The molecular weight excluding hydrogens is 408 g/mol. The summed E-state index contributed by atoms with van der Waals surface area (Å²) in [5.74, 6) is -0.510. The SMILES string of the molecule is C=CC(=O)Oc1ccc(OC(=O)c2ccc(-c3ccc(OC(=O)C(=C)C)cc3)cc2)cc1. The van der Waals surface area contributed by atoms with Gasteiger partial charge in [-0.05, 0) is 66.6 Å². The first-order valence-corrected chi connectivity index (χ1v) is 9.60. The monoisotopic (exact) mass is 428 g/mol. The van der Waals surface area contributed by atoms with Gasteiger partial charge in [-0.2, -0.15) is 0 Å². The molecule has 6 heteroatoms. The van der Waals surface area contributed by atoms with Crippen LogP contribution in [0.1, 0.15) is 17.3 Å². The van der Waals surface area contributed by atoms with Crippen molar-refractivity contribution in [3.05, 3.63) is 103 Å². The second-order valence-corrected chi connectivity index (χ2v) is 6.76. The summed E-state index contributed by atoms with van der Waals surface area (Å²) in [5.41, 5.74) is 2.48. The van der Waals surface area contributed by atoms with E-state index in [1.165, 1.54) is 24.3 Å². The Bertz CT molecular complexity index is 1160. The van der Waals surface area contributed by atoms with Gasteiger partial charge in [-0.25, -0.2) is 14.4 Å². The van der Waals surface area contributed by atoms with E-state index in [-0.39, 0.29) is 0 Å². The van der Waals surface area contributed by atoms with Gasteiger partial charge in [0.1, 0.15) is 17.2 Å². The molecule has 0 saturated heterocycles. The van der Waals surface area contributed by atoms with Crippen molar-refractivity contribution < 1.29 is 28.6 Å². The highest BCUT2D eigenvalue weighted by Gasteiger charge is 2.10. The fourth-order valence-electron chi connectivity index (χ4n) is 2.61. The highest BCUT2D eigenvalue weighted by molar-refractivity contribution is 5.92. The zero-order valence-electron chi connectivity index (χ0n) is 17.4. The number of benzene rings is 3. The third-order valence-corrected chi connectivity index (χ3v) is 4.29. The van der Waals surface area contributed by atoms with Gasteiger partial charge in [0.05, 0.1) is 5.56 Å². The molecule has 0 aliphatic heterocycles. The van der Waals surface area contributed by atoms with E-state index in [0.717, 1.165) is 17.2 Å². The number of hydrogen-bond donors (Lipinski definition) is 0. The molecule has 0 radical (unpaired) electrons. The lowest BCUT2D eigenvalue weighted by Gasteiger charge is -2.08. The van der Waals surface area contributed by atoms with Crippen molar-refractivity contribution in [1.29, 1.82) is 0 Å². The molecule has 0 bridgehead atoms. The average Bonchev–Trinajstić information content (AvgIpc) is 2.80. The van der Waals surface area contributed by atoms with E-state index >= 15 is 0 Å². The molecular formula is C26H20O6. The first-order valence-electron chi connectivity index (χ1n) is 9.60. The lowest BCUT2D eigenvalue weighted by molar-refractivity contribution is -0.130. The van der Waals surface area contributed by atoms with Crippen LogP contribution in [-0.4, -0.2) is 17.9 Å². The van der Waals surface area contributed by atoms with Crippen LogP contribution in [0.3, 0.4) is 0 Å². The molecule has 0 unspecified atom stereocenters. The Labute approximate surface area is 185 Å². The first-order chi connectivity index (χ1) is 15.4. The second kappa shape index (κ2) is 10.0. The minimum Gasteiger partial charge on any atom is -0.423 e. The van der Waals surface area contributed by atoms with Gasteiger partial charge in [-0.15, -0.1) is 0 Å². The maximum absolute atomic E-state index is 12.4. The van der Waals surface area contributed by atoms with Crippen LogP contribution in [-0.2, 0) is 9.59 Å². The highest BCUT2D eigenvalue weighted by atomic mass is 16.5. The minimum absolute atomic E-state index is 0.317. The molecule has 3 aromatic rings. The fraction of sp³-hybridized carbons (Fsp3) is 0.0385. The van der Waals surface area contributed by atoms with Crippen molar-refractivity contribution >= 4 is 17.9 Å². The van der Waals surface area contributed by atoms with Crippen molar-refractivity contribution in [3.63, 3.8) is 0 Å². The van der Waals surface area contributed by atoms with Gasteiger partial charge in [-0.3, -0.25) is 0 Å². The normalized spacial score (nSPS) is 10.0. The van der Waals surface area contributed by atoms with E-state index in [1.54, 1.807) is 43.3 Å². The summed E-state index contributed by atoms with van der Waals surface area (Å²) in [6.07, 6.45) is 1.06. The summed E-state index contributed by atoms with van der Waals surface area (Å²) < 4.78 is 15.5. The highest BCUT2D eigenvalue weighted by Crippen LogP contribution is 2.24. The third-order valence-electron chi connectivity index (χ3n) is 4.29. The minimum atomic E-state index is -0.572. The zero-order valence-corrected chi connectivity index (χ0v) is 17.4. The summed E-state index contributed by atoms with van der Waals surface area (Å²) >= 11 is 0. The molecule has 0 saturated carbocycles. The van der Waals surface area contributed by atoms with E-state index < -0.39 is 17.9 Å². The molecule has 0 fully saturated rings. The second-order valence-electron chi connectivity index (χ2n) is 6.76. The van der Waals surface area contributed by atoms with E-state index in [4.69, 9.17) is 14.2 Å².